The summed E-state index contributed by atoms with van der Waals surface area (Å²) in [6.07, 6.45) is 3.04. The second-order valence-corrected chi connectivity index (χ2v) is 9.31. The maximum Gasteiger partial charge on any atom is 0.352 e. The Labute approximate surface area is 229 Å². The van der Waals surface area contributed by atoms with Crippen LogP contribution < -0.4 is 43.6 Å². The van der Waals surface area contributed by atoms with E-state index in [1.807, 2.05) is 20.8 Å². The number of carbonyl (C=O) groups is 2. The number of aromatic nitrogens is 10. The summed E-state index contributed by atoms with van der Waals surface area (Å²) in [6, 6.07) is -0.715. The summed E-state index contributed by atoms with van der Waals surface area (Å²) >= 11 is 0. The van der Waals surface area contributed by atoms with Gasteiger partial charge in [0, 0.05) is 11.0 Å². The molecular formula is C20H36N18O2. The van der Waals surface area contributed by atoms with Crippen LogP contribution in [0.15, 0.2) is 0 Å². The van der Waals surface area contributed by atoms with Crippen molar-refractivity contribution in [3.8, 4) is 5.95 Å². The first-order chi connectivity index (χ1) is 19.0. The van der Waals surface area contributed by atoms with Gasteiger partial charge in [-0.3, -0.25) is 26.4 Å². The van der Waals surface area contributed by atoms with Gasteiger partial charge in [0.25, 0.3) is 23.8 Å². The van der Waals surface area contributed by atoms with Crippen LogP contribution in [-0.4, -0.2) is 67.8 Å². The summed E-state index contributed by atoms with van der Waals surface area (Å²) in [6.45, 7) is 11.8. The normalized spacial score (nSPS) is 11.6. The number of nitrogen functional groups attached to an aromatic ring is 1. The third kappa shape index (κ3) is 7.36. The number of hydrazine groups is 3. The minimum Gasteiger partial charge on any atom is -0.368 e. The molecule has 0 aliphatic rings. The molecule has 0 radical (unpaired) electrons. The minimum absolute atomic E-state index is 0.00446. The lowest BCUT2D eigenvalue weighted by Crippen LogP contribution is -2.52. The Kier molecular flexibility index (Phi) is 9.48. The second kappa shape index (κ2) is 12.8. The third-order valence-corrected chi connectivity index (χ3v) is 6.73. The van der Waals surface area contributed by atoms with E-state index in [0.717, 1.165) is 12.8 Å². The Morgan fingerprint density at radius 2 is 1.52 bits per heavy atom. The minimum atomic E-state index is -0.715. The highest BCUT2D eigenvalue weighted by molar-refractivity contribution is 5.85. The Bertz CT molecular complexity index is 1260. The molecule has 0 spiro atoms. The van der Waals surface area contributed by atoms with E-state index in [1.165, 1.54) is 4.68 Å². The lowest BCUT2D eigenvalue weighted by molar-refractivity contribution is -0.131. The van der Waals surface area contributed by atoms with Gasteiger partial charge in [-0.2, -0.15) is 14.6 Å². The van der Waals surface area contributed by atoms with E-state index >= 15 is 0 Å². The first-order valence-corrected chi connectivity index (χ1v) is 12.7. The van der Waals surface area contributed by atoms with Gasteiger partial charge in [-0.15, -0.1) is 30.6 Å². The number of hydrogen-bond acceptors (Lipinski definition) is 15. The number of nitrogens with zero attached hydrogens (tertiary/aromatic N) is 9. The molecule has 3 rings (SSSR count). The molecule has 0 aliphatic heterocycles. The lowest BCUT2D eigenvalue weighted by Gasteiger charge is -2.27. The van der Waals surface area contributed by atoms with Crippen molar-refractivity contribution in [2.75, 3.05) is 21.9 Å². The Hall–Kier alpha value is -4.88. The summed E-state index contributed by atoms with van der Waals surface area (Å²) < 4.78 is 1.18. The second-order valence-electron chi connectivity index (χ2n) is 9.31. The third-order valence-electron chi connectivity index (χ3n) is 6.73. The zero-order valence-corrected chi connectivity index (χ0v) is 23.2. The first kappa shape index (κ1) is 29.7. The predicted octanol–water partition coefficient (Wildman–Crippen LogP) is 0.270. The van der Waals surface area contributed by atoms with Crippen molar-refractivity contribution in [3.05, 3.63) is 0 Å². The zero-order valence-electron chi connectivity index (χ0n) is 23.2. The number of hydrogen-bond donors (Lipinski definition) is 9. The molecule has 0 saturated carbocycles. The van der Waals surface area contributed by atoms with Crippen LogP contribution in [0.3, 0.4) is 0 Å². The van der Waals surface area contributed by atoms with Crippen LogP contribution in [-0.2, 0) is 4.79 Å². The summed E-state index contributed by atoms with van der Waals surface area (Å²) in [4.78, 5) is 32.4. The molecule has 0 aliphatic carbocycles. The van der Waals surface area contributed by atoms with Gasteiger partial charge in [0.1, 0.15) is 0 Å². The highest BCUT2D eigenvalue weighted by atomic mass is 16.2. The van der Waals surface area contributed by atoms with E-state index in [1.54, 1.807) is 0 Å². The van der Waals surface area contributed by atoms with Gasteiger partial charge in [0.2, 0.25) is 17.8 Å². The van der Waals surface area contributed by atoms with Gasteiger partial charge >= 0.3 is 6.03 Å². The number of anilines is 5. The molecule has 0 fully saturated rings. The van der Waals surface area contributed by atoms with Crippen LogP contribution in [0.25, 0.3) is 5.95 Å². The number of amides is 3. The van der Waals surface area contributed by atoms with Crippen molar-refractivity contribution in [2.24, 2.45) is 5.41 Å². The molecule has 218 valence electrons. The van der Waals surface area contributed by atoms with Crippen LogP contribution in [0.4, 0.5) is 34.5 Å². The summed E-state index contributed by atoms with van der Waals surface area (Å²) in [5, 5.41) is 29.2. The van der Waals surface area contributed by atoms with Crippen molar-refractivity contribution >= 4 is 41.7 Å². The van der Waals surface area contributed by atoms with Crippen molar-refractivity contribution in [3.63, 3.8) is 0 Å². The van der Waals surface area contributed by atoms with E-state index in [-0.39, 0.29) is 47.1 Å². The quantitative estimate of drug-likeness (QED) is 0.127. The molecule has 40 heavy (non-hydrogen) atoms. The van der Waals surface area contributed by atoms with Gasteiger partial charge < -0.3 is 5.73 Å². The number of carbonyl (C=O) groups excluding carboxylic acids is 2. The van der Waals surface area contributed by atoms with Crippen LogP contribution in [0, 0.1) is 5.41 Å². The molecule has 0 saturated heterocycles. The largest absolute Gasteiger partial charge is 0.368 e. The monoisotopic (exact) mass is 560 g/mol. The average molecular weight is 561 g/mol. The highest BCUT2D eigenvalue weighted by Crippen LogP contribution is 2.24. The molecule has 0 aromatic carbocycles. The lowest BCUT2D eigenvalue weighted by atomic mass is 9.84. The fraction of sp³-hybridized carbons (Fsp3) is 0.600. The zero-order chi connectivity index (χ0) is 29.3. The van der Waals surface area contributed by atoms with Crippen molar-refractivity contribution in [2.45, 2.75) is 72.8 Å². The molecule has 3 heterocycles. The van der Waals surface area contributed by atoms with Crippen molar-refractivity contribution in [1.82, 2.24) is 72.0 Å². The van der Waals surface area contributed by atoms with Gasteiger partial charge in [0.05, 0.1) is 0 Å². The van der Waals surface area contributed by atoms with E-state index in [2.05, 4.69) is 104 Å². The summed E-state index contributed by atoms with van der Waals surface area (Å²) in [5.41, 5.74) is 20.8. The Morgan fingerprint density at radius 1 is 0.850 bits per heavy atom. The molecule has 0 bridgehead atoms. The molecule has 0 atom stereocenters. The van der Waals surface area contributed by atoms with Gasteiger partial charge in [0.15, 0.2) is 0 Å². The molecule has 3 aromatic heterocycles. The smallest absolute Gasteiger partial charge is 0.352 e. The number of rotatable bonds is 13. The highest BCUT2D eigenvalue weighted by Gasteiger charge is 2.29. The fourth-order valence-corrected chi connectivity index (χ4v) is 2.97. The van der Waals surface area contributed by atoms with E-state index in [0.29, 0.717) is 12.8 Å². The number of urea groups is 1. The van der Waals surface area contributed by atoms with Crippen LogP contribution in [0.2, 0.25) is 0 Å². The van der Waals surface area contributed by atoms with E-state index in [4.69, 9.17) is 5.73 Å². The topological polar surface area (TPSA) is 268 Å². The van der Waals surface area contributed by atoms with Gasteiger partial charge in [-0.05, 0) is 32.6 Å². The maximum atomic E-state index is 12.2. The van der Waals surface area contributed by atoms with E-state index < -0.39 is 11.4 Å². The first-order valence-electron chi connectivity index (χ1n) is 12.7. The number of nitrogens with one attached hydrogen (secondary N) is 8. The van der Waals surface area contributed by atoms with Gasteiger partial charge in [-0.1, -0.05) is 34.6 Å². The molecule has 3 aromatic rings. The summed E-state index contributed by atoms with van der Waals surface area (Å²) in [7, 11) is 0. The van der Waals surface area contributed by atoms with Crippen LogP contribution in [0.5, 0.6) is 0 Å². The van der Waals surface area contributed by atoms with Crippen molar-refractivity contribution < 1.29 is 9.59 Å². The fourth-order valence-electron chi connectivity index (χ4n) is 2.97. The van der Waals surface area contributed by atoms with Crippen molar-refractivity contribution in [1.29, 1.82) is 0 Å². The molecule has 10 N–H and O–H groups in total. The van der Waals surface area contributed by atoms with Gasteiger partial charge in [-0.25, -0.2) is 26.2 Å². The number of aromatic amines is 1. The SMILES string of the molecule is CCC(C)(CC)NNc1nc(N)n(-c2nnc(Nc3n[nH]c(NNC(=O)NNC(=O)C(C)(CC)CC)n3)nn2)n1. The number of H-pyrrole nitrogens is 1. The molecule has 20 heteroatoms. The molecular weight excluding hydrogens is 524 g/mol. The molecule has 20 nitrogen and oxygen atoms in total. The Balaban J connectivity index is 1.51. The summed E-state index contributed by atoms with van der Waals surface area (Å²) in [5.74, 6) is 0.104. The predicted molar refractivity (Wildman–Crippen MR) is 144 cm³/mol. The molecule has 3 amide bonds. The van der Waals surface area contributed by atoms with Crippen LogP contribution >= 0.6 is 0 Å². The Morgan fingerprint density at radius 3 is 2.15 bits per heavy atom. The standard InChI is InChI=1S/C20H36N18O2/c1-7-19(5,8-2)11(39)25-34-18(40)35-30-14-23-13(26-27-14)24-15-28-32-17(33-29-15)38-12(21)22-16(36-38)31-37-20(6,9-3)10-4/h37H,7-10H2,1-6H3,(H,25,39)(H2,34,35,40)(H3,21,22,31,36)(H3,23,24,26,27,28,29,30). The number of nitrogens with two attached hydrogens (primary N) is 1. The van der Waals surface area contributed by atoms with E-state index in [9.17, 15) is 9.59 Å². The van der Waals surface area contributed by atoms with Crippen LogP contribution in [0.1, 0.15) is 67.2 Å². The average Bonchev–Trinajstić information content (AvgIpc) is 3.59. The molecule has 0 unspecified atom stereocenters. The maximum absolute atomic E-state index is 12.2.